The molecule has 4 rings (SSSR count). The third-order valence-electron chi connectivity index (χ3n) is 5.62. The first-order valence-corrected chi connectivity index (χ1v) is 11.0. The minimum Gasteiger partial charge on any atom is -0.444 e. The number of aromatic nitrogens is 4. The van der Waals surface area contributed by atoms with Gasteiger partial charge in [-0.05, 0) is 64.8 Å². The Morgan fingerprint density at radius 3 is 2.47 bits per heavy atom. The van der Waals surface area contributed by atoms with E-state index >= 15 is 0 Å². The molecular weight excluding hydrogens is 430 g/mol. The number of rotatable bonds is 2. The number of aromatic amines is 1. The number of halogens is 1. The molecule has 32 heavy (non-hydrogen) atoms. The summed E-state index contributed by atoms with van der Waals surface area (Å²) in [5, 5.41) is 5.57. The second-order valence-corrected chi connectivity index (χ2v) is 9.60. The van der Waals surface area contributed by atoms with Crippen molar-refractivity contribution in [3.8, 4) is 11.5 Å². The van der Waals surface area contributed by atoms with Gasteiger partial charge in [0, 0.05) is 35.9 Å². The Hall–Kier alpha value is -3.00. The minimum atomic E-state index is -0.597. The zero-order chi connectivity index (χ0) is 23.4. The maximum absolute atomic E-state index is 12.9. The average Bonchev–Trinajstić information content (AvgIpc) is 3.27. The number of aryl methyl sites for hydroxylation is 2. The maximum atomic E-state index is 12.9. The Bertz CT molecular complexity index is 1220. The second kappa shape index (κ2) is 7.85. The molecule has 0 aliphatic carbocycles. The molecule has 1 aliphatic heterocycles. The van der Waals surface area contributed by atoms with Crippen molar-refractivity contribution < 1.29 is 9.53 Å². The highest BCUT2D eigenvalue weighted by Gasteiger charge is 2.36. The van der Waals surface area contributed by atoms with Crippen LogP contribution in [0.2, 0.25) is 5.02 Å². The molecule has 9 heteroatoms. The zero-order valence-corrected chi connectivity index (χ0v) is 19.9. The molecule has 1 amide bonds. The van der Waals surface area contributed by atoms with Gasteiger partial charge in [0.15, 0.2) is 0 Å². The van der Waals surface area contributed by atoms with Crippen LogP contribution in [0.4, 0.5) is 4.79 Å². The van der Waals surface area contributed by atoms with E-state index in [1.54, 1.807) is 22.0 Å². The largest absolute Gasteiger partial charge is 0.444 e. The molecule has 1 aliphatic rings. The Morgan fingerprint density at radius 1 is 1.25 bits per heavy atom. The number of fused-ring (bicyclic) bond motifs is 1. The topological polar surface area (TPSA) is 85.2 Å². The van der Waals surface area contributed by atoms with Gasteiger partial charge in [-0.2, -0.15) is 5.10 Å². The number of H-pyrrole nitrogens is 1. The minimum absolute atomic E-state index is 0.280. The van der Waals surface area contributed by atoms with Gasteiger partial charge in [-0.25, -0.2) is 14.3 Å². The van der Waals surface area contributed by atoms with Gasteiger partial charge in [0.05, 0.1) is 17.4 Å². The van der Waals surface area contributed by atoms with Crippen molar-refractivity contribution in [2.75, 3.05) is 6.54 Å². The molecule has 1 aromatic carbocycles. The fraction of sp³-hybridized carbons (Fsp3) is 0.435. The van der Waals surface area contributed by atoms with Crippen molar-refractivity contribution in [3.05, 3.63) is 62.4 Å². The Balaban J connectivity index is 1.90. The second-order valence-electron chi connectivity index (χ2n) is 9.22. The highest BCUT2D eigenvalue weighted by Crippen LogP contribution is 2.36. The van der Waals surface area contributed by atoms with E-state index in [4.69, 9.17) is 21.4 Å². The predicted octanol–water partition coefficient (Wildman–Crippen LogP) is 4.48. The van der Waals surface area contributed by atoms with Crippen molar-refractivity contribution in [2.24, 2.45) is 0 Å². The number of hydrogen-bond donors (Lipinski definition) is 1. The lowest BCUT2D eigenvalue weighted by molar-refractivity contribution is 0.0159. The monoisotopic (exact) mass is 457 g/mol. The van der Waals surface area contributed by atoms with Crippen LogP contribution in [0, 0.1) is 13.8 Å². The predicted molar refractivity (Wildman–Crippen MR) is 123 cm³/mol. The van der Waals surface area contributed by atoms with Crippen LogP contribution in [0.1, 0.15) is 56.1 Å². The molecule has 8 nitrogen and oxygen atoms in total. The number of amides is 1. The van der Waals surface area contributed by atoms with Crippen LogP contribution >= 0.6 is 11.6 Å². The van der Waals surface area contributed by atoms with Crippen LogP contribution in [0.3, 0.4) is 0 Å². The lowest BCUT2D eigenvalue weighted by Gasteiger charge is -2.34. The molecule has 1 N–H and O–H groups in total. The van der Waals surface area contributed by atoms with E-state index in [1.165, 1.54) is 4.57 Å². The average molecular weight is 458 g/mol. The van der Waals surface area contributed by atoms with Gasteiger partial charge in [0.1, 0.15) is 11.4 Å². The Kier molecular flexibility index (Phi) is 5.45. The molecule has 0 fully saturated rings. The first-order chi connectivity index (χ1) is 15.0. The van der Waals surface area contributed by atoms with E-state index in [0.717, 1.165) is 28.1 Å². The summed E-state index contributed by atoms with van der Waals surface area (Å²) in [5.74, 6) is 0.605. The van der Waals surface area contributed by atoms with Gasteiger partial charge in [-0.15, -0.1) is 0 Å². The molecule has 0 spiro atoms. The SMILES string of the molecule is Cc1cc(-n2nc3c(c2-n2cc[nH]c2=O)[C@H](C)N(C(=O)OC(C)(C)C)CC3)cc(C)c1Cl. The van der Waals surface area contributed by atoms with Gasteiger partial charge in [-0.1, -0.05) is 11.6 Å². The van der Waals surface area contributed by atoms with Crippen LogP contribution in [0.5, 0.6) is 0 Å². The highest BCUT2D eigenvalue weighted by atomic mass is 35.5. The van der Waals surface area contributed by atoms with Gasteiger partial charge >= 0.3 is 11.8 Å². The van der Waals surface area contributed by atoms with E-state index in [-0.39, 0.29) is 17.8 Å². The van der Waals surface area contributed by atoms with E-state index in [2.05, 4.69) is 4.98 Å². The summed E-state index contributed by atoms with van der Waals surface area (Å²) < 4.78 is 8.92. The molecule has 1 atom stereocenters. The standard InChI is InChI=1S/C23H28ClN5O3/c1-13-11-16(12-14(2)19(13)24)29-20(28-10-8-25-21(28)30)18-15(3)27(9-7-17(18)26-29)22(31)32-23(4,5)6/h8,10-12,15H,7,9H2,1-6H3,(H,25,30)/t15-/m0/s1. The van der Waals surface area contributed by atoms with E-state index < -0.39 is 5.60 Å². The molecular formula is C23H28ClN5O3. The first kappa shape index (κ1) is 22.2. The number of imidazole rings is 1. The van der Waals surface area contributed by atoms with Gasteiger partial charge in [-0.3, -0.25) is 4.57 Å². The fourth-order valence-electron chi connectivity index (χ4n) is 4.17. The number of carbonyl (C=O) groups is 1. The van der Waals surface area contributed by atoms with Crippen molar-refractivity contribution >= 4 is 17.7 Å². The van der Waals surface area contributed by atoms with Crippen LogP contribution in [0.15, 0.2) is 29.3 Å². The quantitative estimate of drug-likeness (QED) is 0.615. The number of carbonyl (C=O) groups excluding carboxylic acids is 1. The van der Waals surface area contributed by atoms with Crippen LogP contribution in [-0.2, 0) is 11.2 Å². The van der Waals surface area contributed by atoms with Crippen LogP contribution in [0.25, 0.3) is 11.5 Å². The number of benzene rings is 1. The molecule has 0 saturated heterocycles. The summed E-state index contributed by atoms with van der Waals surface area (Å²) in [4.78, 5) is 29.9. The summed E-state index contributed by atoms with van der Waals surface area (Å²) in [6.07, 6.45) is 3.44. The van der Waals surface area contributed by atoms with Gasteiger partial charge in [0.25, 0.3) is 0 Å². The molecule has 0 bridgehead atoms. The molecule has 0 radical (unpaired) electrons. The van der Waals surface area contributed by atoms with E-state index in [1.807, 2.05) is 53.7 Å². The maximum Gasteiger partial charge on any atom is 0.410 e. The Labute approximate surface area is 191 Å². The summed E-state index contributed by atoms with van der Waals surface area (Å²) in [7, 11) is 0. The molecule has 3 heterocycles. The molecule has 3 aromatic rings. The number of nitrogens with one attached hydrogen (secondary N) is 1. The zero-order valence-electron chi connectivity index (χ0n) is 19.2. The summed E-state index contributed by atoms with van der Waals surface area (Å²) in [5.41, 5.74) is 3.45. The third-order valence-corrected chi connectivity index (χ3v) is 6.22. The first-order valence-electron chi connectivity index (χ1n) is 10.6. The van der Waals surface area contributed by atoms with Gasteiger partial charge in [0.2, 0.25) is 0 Å². The van der Waals surface area contributed by atoms with E-state index in [9.17, 15) is 9.59 Å². The number of ether oxygens (including phenoxy) is 1. The smallest absolute Gasteiger partial charge is 0.410 e. The third kappa shape index (κ3) is 3.83. The number of hydrogen-bond acceptors (Lipinski definition) is 4. The van der Waals surface area contributed by atoms with Crippen molar-refractivity contribution in [1.82, 2.24) is 24.2 Å². The van der Waals surface area contributed by atoms with Crippen LogP contribution in [-0.4, -0.2) is 42.5 Å². The normalized spacial score (nSPS) is 16.2. The summed E-state index contributed by atoms with van der Waals surface area (Å²) in [6.45, 7) is 11.8. The highest BCUT2D eigenvalue weighted by molar-refractivity contribution is 6.32. The lowest BCUT2D eigenvalue weighted by atomic mass is 10.00. The van der Waals surface area contributed by atoms with E-state index in [0.29, 0.717) is 23.8 Å². The van der Waals surface area contributed by atoms with Crippen molar-refractivity contribution in [2.45, 2.75) is 59.6 Å². The molecule has 0 unspecified atom stereocenters. The van der Waals surface area contributed by atoms with Crippen molar-refractivity contribution in [3.63, 3.8) is 0 Å². The van der Waals surface area contributed by atoms with Gasteiger partial charge < -0.3 is 14.6 Å². The van der Waals surface area contributed by atoms with Crippen molar-refractivity contribution in [1.29, 1.82) is 0 Å². The molecule has 0 saturated carbocycles. The molecule has 170 valence electrons. The Morgan fingerprint density at radius 2 is 1.91 bits per heavy atom. The van der Waals surface area contributed by atoms with Crippen LogP contribution < -0.4 is 5.69 Å². The fourth-order valence-corrected chi connectivity index (χ4v) is 4.28. The summed E-state index contributed by atoms with van der Waals surface area (Å²) >= 11 is 6.38. The number of nitrogens with zero attached hydrogens (tertiary/aromatic N) is 4. The lowest BCUT2D eigenvalue weighted by Crippen LogP contribution is -2.42. The molecule has 2 aromatic heterocycles. The summed E-state index contributed by atoms with van der Waals surface area (Å²) in [6, 6.07) is 3.57.